The molecule has 0 saturated heterocycles. The van der Waals surface area contributed by atoms with Crippen LogP contribution in [-0.2, 0) is 14.2 Å². The van der Waals surface area contributed by atoms with Crippen molar-refractivity contribution < 1.29 is 23.3 Å². The number of carbonyl (C=O) groups excluding carboxylic acids is 2. The summed E-state index contributed by atoms with van der Waals surface area (Å²) >= 11 is 11.2. The van der Waals surface area contributed by atoms with Crippen LogP contribution >= 0.6 is 50.5 Å². The molecule has 5 nitrogen and oxygen atoms in total. The SMILES string of the molecule is C#CC(C)Oc1cc(N2C(=O)C3=C(CCCC3)C2=O)c(F)cc1Cl.CCCCSP(=O)(SCCCC)SCCCC. The average molecular weight is 662 g/mol. The van der Waals surface area contributed by atoms with E-state index in [9.17, 15) is 18.5 Å². The van der Waals surface area contributed by atoms with Crippen LogP contribution in [0.2, 0.25) is 5.02 Å². The van der Waals surface area contributed by atoms with Crippen molar-refractivity contribution in [1.82, 2.24) is 0 Å². The monoisotopic (exact) mass is 661 g/mol. The number of benzene rings is 1. The van der Waals surface area contributed by atoms with Crippen LogP contribution in [-0.4, -0.2) is 35.2 Å². The van der Waals surface area contributed by atoms with E-state index < -0.39 is 28.5 Å². The van der Waals surface area contributed by atoms with Gasteiger partial charge in [-0.15, -0.1) is 6.42 Å². The van der Waals surface area contributed by atoms with Crippen molar-refractivity contribution in [2.24, 2.45) is 0 Å². The molecule has 1 aliphatic heterocycles. The van der Waals surface area contributed by atoms with E-state index in [1.807, 2.05) is 0 Å². The Morgan fingerprint density at radius 3 is 1.85 bits per heavy atom. The topological polar surface area (TPSA) is 63.7 Å². The lowest BCUT2D eigenvalue weighted by Gasteiger charge is -2.19. The molecule has 0 fully saturated rings. The lowest BCUT2D eigenvalue weighted by molar-refractivity contribution is -0.120. The van der Waals surface area contributed by atoms with E-state index in [2.05, 4.69) is 26.7 Å². The van der Waals surface area contributed by atoms with Crippen molar-refractivity contribution in [3.05, 3.63) is 34.1 Å². The van der Waals surface area contributed by atoms with Gasteiger partial charge in [-0.05, 0) is 57.9 Å². The molecule has 1 aliphatic carbocycles. The molecule has 1 aromatic carbocycles. The third-order valence-electron chi connectivity index (χ3n) is 6.41. The van der Waals surface area contributed by atoms with Crippen molar-refractivity contribution in [2.75, 3.05) is 22.2 Å². The fraction of sp³-hybridized carbons (Fsp3) is 0.600. The second kappa shape index (κ2) is 18.6. The summed E-state index contributed by atoms with van der Waals surface area (Å²) < 4.78 is 30.5. The van der Waals surface area contributed by atoms with E-state index in [-0.39, 0.29) is 16.5 Å². The lowest BCUT2D eigenvalue weighted by atomic mass is 9.93. The third-order valence-corrected chi connectivity index (χ3v) is 19.3. The number of hydrogen-bond donors (Lipinski definition) is 0. The number of amides is 2. The molecule has 0 spiro atoms. The molecular weight excluding hydrogens is 620 g/mol. The quantitative estimate of drug-likeness (QED) is 0.0802. The molecule has 0 radical (unpaired) electrons. The molecule has 1 heterocycles. The Balaban J connectivity index is 0.000000307. The normalized spacial score (nSPS) is 15.8. The van der Waals surface area contributed by atoms with Gasteiger partial charge in [0.05, 0.1) is 10.7 Å². The Kier molecular flexibility index (Phi) is 16.4. The van der Waals surface area contributed by atoms with Crippen molar-refractivity contribution in [3.63, 3.8) is 0 Å². The molecule has 0 bridgehead atoms. The van der Waals surface area contributed by atoms with Crippen molar-refractivity contribution in [1.29, 1.82) is 0 Å². The Hall–Kier alpha value is -1.04. The van der Waals surface area contributed by atoms with Gasteiger partial charge in [0.15, 0.2) is 6.10 Å². The van der Waals surface area contributed by atoms with E-state index in [0.717, 1.165) is 41.1 Å². The fourth-order valence-electron chi connectivity index (χ4n) is 4.04. The number of carbonyl (C=O) groups is 2. The van der Waals surface area contributed by atoms with Gasteiger partial charge in [0.2, 0.25) is 4.75 Å². The zero-order valence-electron chi connectivity index (χ0n) is 24.5. The summed E-state index contributed by atoms with van der Waals surface area (Å²) in [5, 5.41) is 0.0233. The van der Waals surface area contributed by atoms with Crippen LogP contribution in [0.5, 0.6) is 5.75 Å². The van der Waals surface area contributed by atoms with Crippen molar-refractivity contribution in [2.45, 2.75) is 98.0 Å². The Labute approximate surface area is 262 Å². The summed E-state index contributed by atoms with van der Waals surface area (Å²) in [5.41, 5.74) is 0.808. The molecule has 11 heteroatoms. The summed E-state index contributed by atoms with van der Waals surface area (Å²) in [6.07, 6.45) is 14.6. The van der Waals surface area contributed by atoms with Crippen molar-refractivity contribution in [3.8, 4) is 18.1 Å². The van der Waals surface area contributed by atoms with E-state index in [0.29, 0.717) is 24.0 Å². The lowest BCUT2D eigenvalue weighted by Crippen LogP contribution is -2.32. The number of terminal acetylenes is 1. The van der Waals surface area contributed by atoms with Gasteiger partial charge in [-0.25, -0.2) is 9.29 Å². The molecule has 0 aromatic heterocycles. The maximum Gasteiger partial charge on any atom is 0.261 e. The van der Waals surface area contributed by atoms with Gasteiger partial charge in [-0.1, -0.05) is 91.7 Å². The van der Waals surface area contributed by atoms with E-state index >= 15 is 0 Å². The van der Waals surface area contributed by atoms with Gasteiger partial charge in [-0.2, -0.15) is 0 Å². The zero-order chi connectivity index (χ0) is 30.4. The van der Waals surface area contributed by atoms with Crippen LogP contribution in [0.1, 0.15) is 91.9 Å². The largest absolute Gasteiger partial charge is 0.476 e. The van der Waals surface area contributed by atoms with Crippen LogP contribution in [0, 0.1) is 18.2 Å². The maximum atomic E-state index is 14.4. The van der Waals surface area contributed by atoms with Crippen LogP contribution < -0.4 is 9.64 Å². The first kappa shape index (κ1) is 36.2. The summed E-state index contributed by atoms with van der Waals surface area (Å²) in [6.45, 7) is 8.21. The number of imide groups is 1. The van der Waals surface area contributed by atoms with Crippen LogP contribution in [0.25, 0.3) is 0 Å². The van der Waals surface area contributed by atoms with E-state index in [1.165, 1.54) is 44.6 Å². The van der Waals surface area contributed by atoms with Gasteiger partial charge < -0.3 is 4.74 Å². The second-order valence-corrected chi connectivity index (χ2v) is 22.1. The summed E-state index contributed by atoms with van der Waals surface area (Å²) in [4.78, 5) is 26.0. The van der Waals surface area contributed by atoms with Gasteiger partial charge in [-0.3, -0.25) is 14.2 Å². The molecule has 1 atom stereocenters. The smallest absolute Gasteiger partial charge is 0.261 e. The highest BCUT2D eigenvalue weighted by atomic mass is 35.5. The second-order valence-electron chi connectivity index (χ2n) is 9.78. The molecular formula is C30H42ClFNO4PS3. The molecule has 0 saturated carbocycles. The maximum absolute atomic E-state index is 14.4. The molecule has 2 amide bonds. The fourth-order valence-corrected chi connectivity index (χ4v) is 16.3. The van der Waals surface area contributed by atoms with Gasteiger partial charge in [0.25, 0.3) is 11.8 Å². The minimum absolute atomic E-state index is 0.0233. The number of nitrogens with zero attached hydrogens (tertiary/aromatic N) is 1. The van der Waals surface area contributed by atoms with Crippen LogP contribution in [0.4, 0.5) is 10.1 Å². The molecule has 3 rings (SSSR count). The zero-order valence-corrected chi connectivity index (χ0v) is 28.6. The highest BCUT2D eigenvalue weighted by Crippen LogP contribution is 2.78. The standard InChI is InChI=1S/C18H15ClFNO3.C12H27OPS3/c1-3-10(2)24-16-9-15(14(20)8-13(16)19)21-17(22)11-6-4-5-7-12(11)18(21)23;1-4-7-10-15-14(13,16-11-8-5-2)17-12-9-6-3/h1,8-10H,4-7H2,2H3;4-12H2,1-3H3. The predicted octanol–water partition coefficient (Wildman–Crippen LogP) is 10.3. The molecule has 1 aromatic rings. The Morgan fingerprint density at radius 2 is 1.44 bits per heavy atom. The predicted molar refractivity (Wildman–Crippen MR) is 178 cm³/mol. The number of rotatable bonds is 15. The third kappa shape index (κ3) is 10.9. The highest BCUT2D eigenvalue weighted by Gasteiger charge is 2.41. The molecule has 228 valence electrons. The first-order chi connectivity index (χ1) is 19.6. The molecule has 1 unspecified atom stereocenters. The summed E-state index contributed by atoms with van der Waals surface area (Å²) in [5.74, 6) is 3.99. The average Bonchev–Trinajstić information content (AvgIpc) is 3.20. The summed E-state index contributed by atoms with van der Waals surface area (Å²) in [6, 6.07) is 2.27. The van der Waals surface area contributed by atoms with E-state index in [1.54, 1.807) is 41.1 Å². The number of ether oxygens (including phenoxy) is 1. The molecule has 2 aliphatic rings. The number of halogens is 2. The highest BCUT2D eigenvalue weighted by molar-refractivity contribution is 9.14. The Morgan fingerprint density at radius 1 is 0.976 bits per heavy atom. The van der Waals surface area contributed by atoms with Gasteiger partial charge in [0, 0.05) is 34.5 Å². The van der Waals surface area contributed by atoms with Crippen LogP contribution in [0.3, 0.4) is 0 Å². The van der Waals surface area contributed by atoms with E-state index in [4.69, 9.17) is 22.8 Å². The molecule has 41 heavy (non-hydrogen) atoms. The number of unbranched alkanes of at least 4 members (excludes halogenated alkanes) is 3. The van der Waals surface area contributed by atoms with Crippen molar-refractivity contribution >= 4 is 68.0 Å². The molecule has 0 N–H and O–H groups in total. The van der Waals surface area contributed by atoms with Crippen LogP contribution in [0.15, 0.2) is 23.3 Å². The van der Waals surface area contributed by atoms with Gasteiger partial charge >= 0.3 is 0 Å². The minimum atomic E-state index is -2.06. The first-order valence-corrected chi connectivity index (χ1v) is 21.2. The van der Waals surface area contributed by atoms with Gasteiger partial charge in [0.1, 0.15) is 11.6 Å². The number of anilines is 1. The summed E-state index contributed by atoms with van der Waals surface area (Å²) in [7, 11) is 0. The Bertz CT molecular complexity index is 1110. The minimum Gasteiger partial charge on any atom is -0.476 e. The first-order valence-electron chi connectivity index (χ1n) is 14.4. The number of hydrogen-bond acceptors (Lipinski definition) is 7.